The fourth-order valence-electron chi connectivity index (χ4n) is 3.38. The molecule has 2 aromatic carbocycles. The quantitative estimate of drug-likeness (QED) is 0.514. The van der Waals surface area contributed by atoms with Gasteiger partial charge in [0, 0.05) is 17.0 Å². The van der Waals surface area contributed by atoms with Crippen molar-refractivity contribution in [2.75, 3.05) is 21.3 Å². The molecule has 0 unspecified atom stereocenters. The number of nitrogens with zero attached hydrogens (tertiary/aromatic N) is 2. The third-order valence-corrected chi connectivity index (χ3v) is 5.02. The summed E-state index contributed by atoms with van der Waals surface area (Å²) in [4.78, 5) is 12.2. The summed E-state index contributed by atoms with van der Waals surface area (Å²) in [5.41, 5.74) is 3.16. The summed E-state index contributed by atoms with van der Waals surface area (Å²) < 4.78 is 30.6. The molecular weight excluding hydrogens is 356 g/mol. The van der Waals surface area contributed by atoms with Crippen molar-refractivity contribution in [2.24, 2.45) is 0 Å². The molecular formula is C18H16N2O5S. The van der Waals surface area contributed by atoms with Crippen molar-refractivity contribution in [3.63, 3.8) is 0 Å². The average Bonchev–Trinajstić information content (AvgIpc) is 3.14. The predicted molar refractivity (Wildman–Crippen MR) is 95.6 cm³/mol. The molecule has 1 aromatic heterocycles. The first kappa shape index (κ1) is 16.6. The van der Waals surface area contributed by atoms with Crippen molar-refractivity contribution in [1.82, 2.24) is 8.75 Å². The summed E-state index contributed by atoms with van der Waals surface area (Å²) >= 11 is 1.13. The normalized spacial score (nSPS) is 16.1. The van der Waals surface area contributed by atoms with Crippen LogP contribution in [0.1, 0.15) is 23.5 Å². The Bertz CT molecular complexity index is 1000. The van der Waals surface area contributed by atoms with E-state index in [9.17, 15) is 4.79 Å². The Morgan fingerprint density at radius 2 is 1.85 bits per heavy atom. The highest BCUT2D eigenvalue weighted by atomic mass is 32.1. The molecule has 134 valence electrons. The van der Waals surface area contributed by atoms with Gasteiger partial charge in [-0.3, -0.25) is 4.79 Å². The van der Waals surface area contributed by atoms with Crippen LogP contribution in [0.5, 0.6) is 23.0 Å². The Hall–Kier alpha value is -2.87. The summed E-state index contributed by atoms with van der Waals surface area (Å²) in [7, 11) is 4.68. The molecule has 0 spiro atoms. The van der Waals surface area contributed by atoms with Crippen molar-refractivity contribution in [3.05, 3.63) is 35.4 Å². The molecule has 8 heteroatoms. The van der Waals surface area contributed by atoms with Crippen LogP contribution in [0.2, 0.25) is 0 Å². The van der Waals surface area contributed by atoms with Crippen LogP contribution in [-0.4, -0.2) is 36.0 Å². The van der Waals surface area contributed by atoms with Crippen LogP contribution in [0.3, 0.4) is 0 Å². The first-order valence-corrected chi connectivity index (χ1v) is 8.65. The van der Waals surface area contributed by atoms with Gasteiger partial charge in [-0.2, -0.15) is 8.75 Å². The number of fused-ring (bicyclic) bond motifs is 3. The first-order valence-electron chi connectivity index (χ1n) is 7.92. The Balaban J connectivity index is 1.97. The second kappa shape index (κ2) is 6.45. The molecule has 0 N–H and O–H groups in total. The third-order valence-electron chi connectivity index (χ3n) is 4.48. The molecule has 0 bridgehead atoms. The molecule has 7 nitrogen and oxygen atoms in total. The molecule has 0 radical (unpaired) electrons. The Kier molecular flexibility index (Phi) is 4.12. The SMILES string of the molecule is COc1ccc([C@@H]2CC(=O)Oc3ccc4nsnc4c32)c(OC)c1OC. The van der Waals surface area contributed by atoms with Crippen molar-refractivity contribution in [1.29, 1.82) is 0 Å². The number of ether oxygens (including phenoxy) is 4. The van der Waals surface area contributed by atoms with E-state index in [1.165, 1.54) is 0 Å². The zero-order valence-electron chi connectivity index (χ0n) is 14.4. The zero-order chi connectivity index (χ0) is 18.3. The topological polar surface area (TPSA) is 79.8 Å². The molecule has 1 atom stereocenters. The number of hydrogen-bond donors (Lipinski definition) is 0. The predicted octanol–water partition coefficient (Wildman–Crippen LogP) is 3.16. The van der Waals surface area contributed by atoms with Crippen LogP contribution in [0.25, 0.3) is 11.0 Å². The zero-order valence-corrected chi connectivity index (χ0v) is 15.3. The summed E-state index contributed by atoms with van der Waals surface area (Å²) in [6, 6.07) is 7.25. The molecule has 26 heavy (non-hydrogen) atoms. The maximum Gasteiger partial charge on any atom is 0.312 e. The molecule has 0 saturated carbocycles. The number of benzene rings is 2. The van der Waals surface area contributed by atoms with E-state index in [2.05, 4.69) is 8.75 Å². The minimum Gasteiger partial charge on any atom is -0.493 e. The van der Waals surface area contributed by atoms with Gasteiger partial charge in [0.25, 0.3) is 0 Å². The third kappa shape index (κ3) is 2.45. The van der Waals surface area contributed by atoms with E-state index in [-0.39, 0.29) is 18.3 Å². The fourth-order valence-corrected chi connectivity index (χ4v) is 3.93. The highest BCUT2D eigenvalue weighted by molar-refractivity contribution is 7.00. The van der Waals surface area contributed by atoms with E-state index in [0.29, 0.717) is 23.0 Å². The van der Waals surface area contributed by atoms with Gasteiger partial charge in [-0.15, -0.1) is 0 Å². The van der Waals surface area contributed by atoms with Crippen LogP contribution < -0.4 is 18.9 Å². The van der Waals surface area contributed by atoms with Crippen LogP contribution in [0, 0.1) is 0 Å². The maximum absolute atomic E-state index is 12.2. The average molecular weight is 372 g/mol. The van der Waals surface area contributed by atoms with E-state index < -0.39 is 0 Å². The van der Waals surface area contributed by atoms with Gasteiger partial charge < -0.3 is 18.9 Å². The van der Waals surface area contributed by atoms with Gasteiger partial charge >= 0.3 is 5.97 Å². The van der Waals surface area contributed by atoms with Crippen LogP contribution >= 0.6 is 11.7 Å². The molecule has 1 aliphatic rings. The number of rotatable bonds is 4. The standard InChI is InChI=1S/C18H16N2O5S/c1-22-13-6-4-9(17(23-2)18(13)24-3)10-8-14(21)25-12-7-5-11-16(15(10)12)20-26-19-11/h4-7,10H,8H2,1-3H3/t10-/m0/s1. The van der Waals surface area contributed by atoms with E-state index in [1.54, 1.807) is 39.5 Å². The van der Waals surface area contributed by atoms with E-state index in [1.807, 2.05) is 6.07 Å². The number of esters is 1. The highest BCUT2D eigenvalue weighted by Gasteiger charge is 2.34. The largest absolute Gasteiger partial charge is 0.493 e. The van der Waals surface area contributed by atoms with Crippen LogP contribution in [0.15, 0.2) is 24.3 Å². The van der Waals surface area contributed by atoms with E-state index in [0.717, 1.165) is 33.9 Å². The number of methoxy groups -OCH3 is 3. The molecule has 3 aromatic rings. The maximum atomic E-state index is 12.2. The molecule has 4 rings (SSSR count). The lowest BCUT2D eigenvalue weighted by atomic mass is 9.84. The monoisotopic (exact) mass is 372 g/mol. The van der Waals surface area contributed by atoms with Gasteiger partial charge in [0.1, 0.15) is 16.8 Å². The summed E-state index contributed by atoms with van der Waals surface area (Å²) in [5.74, 6) is 1.48. The van der Waals surface area contributed by atoms with E-state index in [4.69, 9.17) is 18.9 Å². The van der Waals surface area contributed by atoms with Gasteiger partial charge in [-0.1, -0.05) is 6.07 Å². The second-order valence-electron chi connectivity index (χ2n) is 5.76. The number of carbonyl (C=O) groups excluding carboxylic acids is 1. The first-order chi connectivity index (χ1) is 12.7. The van der Waals surface area contributed by atoms with Gasteiger partial charge in [0.2, 0.25) is 5.75 Å². The van der Waals surface area contributed by atoms with Crippen molar-refractivity contribution in [3.8, 4) is 23.0 Å². The Morgan fingerprint density at radius 3 is 2.58 bits per heavy atom. The van der Waals surface area contributed by atoms with Crippen LogP contribution in [0.4, 0.5) is 0 Å². The summed E-state index contributed by atoms with van der Waals surface area (Å²) in [6.45, 7) is 0. The lowest BCUT2D eigenvalue weighted by Crippen LogP contribution is -2.22. The summed E-state index contributed by atoms with van der Waals surface area (Å²) in [5, 5.41) is 0. The van der Waals surface area contributed by atoms with Gasteiger partial charge in [-0.05, 0) is 18.2 Å². The molecule has 1 aliphatic heterocycles. The molecule has 0 amide bonds. The minimum atomic E-state index is -0.304. The Morgan fingerprint density at radius 1 is 1.04 bits per heavy atom. The van der Waals surface area contributed by atoms with Gasteiger partial charge in [0.15, 0.2) is 11.5 Å². The smallest absolute Gasteiger partial charge is 0.312 e. The van der Waals surface area contributed by atoms with Crippen molar-refractivity contribution in [2.45, 2.75) is 12.3 Å². The van der Waals surface area contributed by atoms with Crippen molar-refractivity contribution >= 4 is 28.7 Å². The second-order valence-corrected chi connectivity index (χ2v) is 6.29. The van der Waals surface area contributed by atoms with Gasteiger partial charge in [-0.25, -0.2) is 0 Å². The van der Waals surface area contributed by atoms with E-state index >= 15 is 0 Å². The Labute approximate surface area is 153 Å². The van der Waals surface area contributed by atoms with Crippen molar-refractivity contribution < 1.29 is 23.7 Å². The highest BCUT2D eigenvalue weighted by Crippen LogP contribution is 2.49. The van der Waals surface area contributed by atoms with Gasteiger partial charge in [0.05, 0.1) is 39.5 Å². The lowest BCUT2D eigenvalue weighted by molar-refractivity contribution is -0.135. The molecule has 0 saturated heterocycles. The molecule has 0 aliphatic carbocycles. The minimum absolute atomic E-state index is 0.176. The lowest BCUT2D eigenvalue weighted by Gasteiger charge is -2.27. The summed E-state index contributed by atoms with van der Waals surface area (Å²) in [6.07, 6.45) is 0.176. The molecule has 0 fully saturated rings. The van der Waals surface area contributed by atoms with Crippen LogP contribution in [-0.2, 0) is 4.79 Å². The molecule has 2 heterocycles. The number of carbonyl (C=O) groups is 1. The number of hydrogen-bond acceptors (Lipinski definition) is 8. The fraction of sp³-hybridized carbons (Fsp3) is 0.278. The number of aromatic nitrogens is 2.